The minimum atomic E-state index is -0.00108. The maximum Gasteiger partial charge on any atom is 0.275 e. The molecule has 0 aliphatic heterocycles. The maximum absolute atomic E-state index is 12.9. The Labute approximate surface area is 165 Å². The first-order valence-electron chi connectivity index (χ1n) is 10.4. The van der Waals surface area contributed by atoms with Gasteiger partial charge in [0.15, 0.2) is 0 Å². The second-order valence-electron chi connectivity index (χ2n) is 8.25. The van der Waals surface area contributed by atoms with Gasteiger partial charge in [0.1, 0.15) is 5.52 Å². The first-order valence-corrected chi connectivity index (χ1v) is 10.4. The van der Waals surface area contributed by atoms with Crippen LogP contribution in [0.15, 0.2) is 47.4 Å². The van der Waals surface area contributed by atoms with Crippen molar-refractivity contribution in [3.63, 3.8) is 0 Å². The van der Waals surface area contributed by atoms with Gasteiger partial charge in [-0.2, -0.15) is 0 Å². The molecule has 28 heavy (non-hydrogen) atoms. The minimum Gasteiger partial charge on any atom is -0.353 e. The lowest BCUT2D eigenvalue weighted by atomic mass is 9.78. The summed E-state index contributed by atoms with van der Waals surface area (Å²) in [5, 5.41) is 3.23. The van der Waals surface area contributed by atoms with Crippen LogP contribution in [0.5, 0.6) is 0 Å². The number of para-hydroxylation sites is 2. The average Bonchev–Trinajstić information content (AvgIpc) is 3.18. The molecule has 148 valence electrons. The van der Waals surface area contributed by atoms with E-state index in [9.17, 15) is 9.59 Å². The third kappa shape index (κ3) is 3.46. The Morgan fingerprint density at radius 1 is 1.07 bits per heavy atom. The number of hydrogen-bond donors (Lipinski definition) is 1. The number of fused-ring (bicyclic) bond motifs is 3. The largest absolute Gasteiger partial charge is 0.353 e. The molecule has 1 aromatic carbocycles. The van der Waals surface area contributed by atoms with Gasteiger partial charge in [0, 0.05) is 25.2 Å². The zero-order valence-corrected chi connectivity index (χ0v) is 16.7. The summed E-state index contributed by atoms with van der Waals surface area (Å²) in [5.41, 5.74) is 2.59. The number of hydrogen-bond acceptors (Lipinski definition) is 2. The summed E-state index contributed by atoms with van der Waals surface area (Å²) in [6, 6.07) is 12.0. The van der Waals surface area contributed by atoms with Crippen LogP contribution < -0.4 is 10.9 Å². The maximum atomic E-state index is 12.9. The lowest BCUT2D eigenvalue weighted by molar-refractivity contribution is -0.122. The Hall–Kier alpha value is -2.56. The molecule has 3 atom stereocenters. The third-order valence-electron chi connectivity index (χ3n) is 6.48. The molecule has 0 unspecified atom stereocenters. The first kappa shape index (κ1) is 18.8. The fourth-order valence-electron chi connectivity index (χ4n) is 4.59. The van der Waals surface area contributed by atoms with Crippen molar-refractivity contribution in [3.05, 3.63) is 52.9 Å². The van der Waals surface area contributed by atoms with E-state index in [0.29, 0.717) is 36.7 Å². The highest BCUT2D eigenvalue weighted by Gasteiger charge is 2.27. The quantitative estimate of drug-likeness (QED) is 0.729. The van der Waals surface area contributed by atoms with E-state index in [1.54, 1.807) is 0 Å². The van der Waals surface area contributed by atoms with E-state index >= 15 is 0 Å². The van der Waals surface area contributed by atoms with E-state index in [4.69, 9.17) is 0 Å². The normalized spacial score (nSPS) is 22.6. The monoisotopic (exact) mass is 379 g/mol. The molecule has 0 bridgehead atoms. The van der Waals surface area contributed by atoms with Crippen LogP contribution in [-0.4, -0.2) is 20.9 Å². The van der Waals surface area contributed by atoms with E-state index in [2.05, 4.69) is 19.2 Å². The summed E-state index contributed by atoms with van der Waals surface area (Å²) in [4.78, 5) is 25.4. The summed E-state index contributed by atoms with van der Waals surface area (Å²) in [5.74, 6) is 1.30. The molecule has 1 aliphatic carbocycles. The lowest BCUT2D eigenvalue weighted by Gasteiger charge is -2.34. The highest BCUT2D eigenvalue weighted by Crippen LogP contribution is 2.29. The molecule has 1 saturated carbocycles. The van der Waals surface area contributed by atoms with Gasteiger partial charge in [0.2, 0.25) is 5.91 Å². The molecule has 0 radical (unpaired) electrons. The molecule has 0 saturated heterocycles. The fraction of sp³-hybridized carbons (Fsp3) is 0.478. The third-order valence-corrected chi connectivity index (χ3v) is 6.48. The van der Waals surface area contributed by atoms with Crippen LogP contribution in [-0.2, 0) is 11.3 Å². The highest BCUT2D eigenvalue weighted by atomic mass is 16.1. The molecule has 3 aromatic rings. The van der Waals surface area contributed by atoms with E-state index in [1.165, 1.54) is 12.8 Å². The summed E-state index contributed by atoms with van der Waals surface area (Å²) < 4.78 is 3.75. The number of benzene rings is 1. The Morgan fingerprint density at radius 3 is 2.64 bits per heavy atom. The van der Waals surface area contributed by atoms with E-state index < -0.39 is 0 Å². The molecule has 0 spiro atoms. The molecule has 5 heteroatoms. The van der Waals surface area contributed by atoms with Gasteiger partial charge in [0.05, 0.1) is 11.0 Å². The van der Waals surface area contributed by atoms with Crippen molar-refractivity contribution in [3.8, 4) is 0 Å². The van der Waals surface area contributed by atoms with Crippen LogP contribution >= 0.6 is 0 Å². The van der Waals surface area contributed by atoms with Gasteiger partial charge in [0.25, 0.3) is 5.56 Å². The van der Waals surface area contributed by atoms with Gasteiger partial charge in [-0.1, -0.05) is 38.8 Å². The number of aromatic nitrogens is 2. The van der Waals surface area contributed by atoms with Crippen LogP contribution in [0.2, 0.25) is 0 Å². The van der Waals surface area contributed by atoms with E-state index in [1.807, 2.05) is 51.6 Å². The number of aryl methyl sites for hydroxylation is 1. The molecule has 1 aliphatic rings. The van der Waals surface area contributed by atoms with Crippen molar-refractivity contribution in [2.24, 2.45) is 11.8 Å². The Bertz CT molecular complexity index is 1050. The fourth-order valence-corrected chi connectivity index (χ4v) is 4.59. The lowest BCUT2D eigenvalue weighted by Crippen LogP contribution is -2.43. The van der Waals surface area contributed by atoms with Crippen LogP contribution in [0.1, 0.15) is 46.0 Å². The Balaban J connectivity index is 1.46. The van der Waals surface area contributed by atoms with E-state index in [-0.39, 0.29) is 17.5 Å². The molecule has 1 amide bonds. The molecule has 2 heterocycles. The number of nitrogens with zero attached hydrogens (tertiary/aromatic N) is 2. The van der Waals surface area contributed by atoms with Gasteiger partial charge >= 0.3 is 0 Å². The molecule has 5 nitrogen and oxygen atoms in total. The summed E-state index contributed by atoms with van der Waals surface area (Å²) in [7, 11) is 0. The molecule has 4 rings (SSSR count). The average molecular weight is 380 g/mol. The first-order chi connectivity index (χ1) is 13.6. The van der Waals surface area contributed by atoms with Crippen LogP contribution in [0, 0.1) is 11.8 Å². The van der Waals surface area contributed by atoms with Crippen LogP contribution in [0.3, 0.4) is 0 Å². The minimum absolute atomic E-state index is 0.00108. The van der Waals surface area contributed by atoms with Crippen molar-refractivity contribution >= 4 is 22.5 Å². The number of carbonyl (C=O) groups is 1. The zero-order valence-electron chi connectivity index (χ0n) is 16.7. The van der Waals surface area contributed by atoms with Crippen LogP contribution in [0.4, 0.5) is 0 Å². The highest BCUT2D eigenvalue weighted by molar-refractivity contribution is 5.79. The number of rotatable bonds is 5. The van der Waals surface area contributed by atoms with Gasteiger partial charge in [-0.05, 0) is 48.9 Å². The Kier molecular flexibility index (Phi) is 5.25. The predicted molar refractivity (Wildman–Crippen MR) is 113 cm³/mol. The molecule has 1 N–H and O–H groups in total. The van der Waals surface area contributed by atoms with Crippen LogP contribution in [0.25, 0.3) is 16.6 Å². The SMILES string of the molecule is C[C@@H]1[C@H](C)CCC[C@@H]1NC(=O)CCCn1c(=O)c2cccn2c2ccccc21. The number of amides is 1. The van der Waals surface area contributed by atoms with Crippen molar-refractivity contribution in [2.45, 2.75) is 58.5 Å². The molecular formula is C23H29N3O2. The topological polar surface area (TPSA) is 55.5 Å². The number of carbonyl (C=O) groups excluding carboxylic acids is 1. The standard InChI is InChI=1S/C23H29N3O2/c1-16-8-5-9-18(17(16)2)24-22(27)13-7-15-26-20-11-4-3-10-19(20)25-14-6-12-21(25)23(26)28/h3-4,6,10-12,14,16-18H,5,7-9,13,15H2,1-2H3,(H,24,27)/t16-,17-,18+/m1/s1. The van der Waals surface area contributed by atoms with Gasteiger partial charge in [-0.3, -0.25) is 9.59 Å². The van der Waals surface area contributed by atoms with E-state index in [0.717, 1.165) is 17.5 Å². The second kappa shape index (κ2) is 7.82. The zero-order chi connectivity index (χ0) is 19.7. The van der Waals surface area contributed by atoms with Crippen molar-refractivity contribution in [1.29, 1.82) is 0 Å². The second-order valence-corrected chi connectivity index (χ2v) is 8.25. The molecular weight excluding hydrogens is 350 g/mol. The summed E-state index contributed by atoms with van der Waals surface area (Å²) in [6.45, 7) is 5.07. The Morgan fingerprint density at radius 2 is 1.82 bits per heavy atom. The van der Waals surface area contributed by atoms with Crippen molar-refractivity contribution < 1.29 is 4.79 Å². The summed E-state index contributed by atoms with van der Waals surface area (Å²) >= 11 is 0. The molecule has 1 fully saturated rings. The molecule has 2 aromatic heterocycles. The number of nitrogens with one attached hydrogen (secondary N) is 1. The predicted octanol–water partition coefficient (Wildman–Crippen LogP) is 3.98. The van der Waals surface area contributed by atoms with Gasteiger partial charge in [-0.15, -0.1) is 0 Å². The van der Waals surface area contributed by atoms with Crippen molar-refractivity contribution in [1.82, 2.24) is 14.3 Å². The van der Waals surface area contributed by atoms with Gasteiger partial charge < -0.3 is 14.3 Å². The van der Waals surface area contributed by atoms with Gasteiger partial charge in [-0.25, -0.2) is 0 Å². The van der Waals surface area contributed by atoms with Crippen molar-refractivity contribution in [2.75, 3.05) is 0 Å². The summed E-state index contributed by atoms with van der Waals surface area (Å²) in [6.07, 6.45) is 6.55. The smallest absolute Gasteiger partial charge is 0.275 e.